The van der Waals surface area contributed by atoms with Crippen LogP contribution in [0.2, 0.25) is 0 Å². The quantitative estimate of drug-likeness (QED) is 0.255. The number of pyridine rings is 1. The van der Waals surface area contributed by atoms with Crippen molar-refractivity contribution in [1.29, 1.82) is 0 Å². The number of benzene rings is 3. The third kappa shape index (κ3) is 5.73. The lowest BCUT2D eigenvalue weighted by Crippen LogP contribution is -2.50. The van der Waals surface area contributed by atoms with Crippen LogP contribution in [-0.2, 0) is 0 Å². The van der Waals surface area contributed by atoms with E-state index in [2.05, 4.69) is 10.3 Å². The van der Waals surface area contributed by atoms with E-state index < -0.39 is 0 Å². The van der Waals surface area contributed by atoms with Crippen LogP contribution in [0.15, 0.2) is 115 Å². The van der Waals surface area contributed by atoms with Gasteiger partial charge in [0.15, 0.2) is 5.65 Å². The van der Waals surface area contributed by atoms with Gasteiger partial charge in [0, 0.05) is 55.3 Å². The number of fused-ring (bicyclic) bond motifs is 1. The highest BCUT2D eigenvalue weighted by Gasteiger charge is 2.28. The Balaban J connectivity index is 1.13. The van der Waals surface area contributed by atoms with E-state index in [-0.39, 0.29) is 23.3 Å². The Bertz CT molecular complexity index is 1990. The van der Waals surface area contributed by atoms with E-state index in [4.69, 9.17) is 10.1 Å². The lowest BCUT2D eigenvalue weighted by molar-refractivity contribution is 0.0533. The SMILES string of the molecule is O=C(c1cc(-c2ccc(F)cc2)n2nc(-c3ccccc3)cc2n1)N1CCN(C(=O)c2cccnc2Nc2ccccc2)CC1. The van der Waals surface area contributed by atoms with Crippen LogP contribution in [0.5, 0.6) is 0 Å². The summed E-state index contributed by atoms with van der Waals surface area (Å²) in [5.41, 5.74) is 5.00. The molecule has 0 unspecified atom stereocenters. The summed E-state index contributed by atoms with van der Waals surface area (Å²) in [6.07, 6.45) is 1.64. The Morgan fingerprint density at radius 2 is 1.38 bits per heavy atom. The summed E-state index contributed by atoms with van der Waals surface area (Å²) in [5, 5.41) is 8.00. The fraction of sp³-hybridized carbons (Fsp3) is 0.114. The number of hydrogen-bond acceptors (Lipinski definition) is 6. The predicted octanol–water partition coefficient (Wildman–Crippen LogP) is 5.94. The molecule has 1 fully saturated rings. The molecular weight excluding hydrogens is 569 g/mol. The molecule has 1 aliphatic heterocycles. The third-order valence-electron chi connectivity index (χ3n) is 7.78. The van der Waals surface area contributed by atoms with Gasteiger partial charge < -0.3 is 15.1 Å². The molecule has 1 aliphatic rings. The molecule has 3 aromatic carbocycles. The lowest BCUT2D eigenvalue weighted by Gasteiger charge is -2.35. The van der Waals surface area contributed by atoms with Gasteiger partial charge in [-0.05, 0) is 54.6 Å². The summed E-state index contributed by atoms with van der Waals surface area (Å²) in [4.78, 5) is 39.9. The number of nitrogens with one attached hydrogen (secondary N) is 1. The van der Waals surface area contributed by atoms with E-state index >= 15 is 0 Å². The topological polar surface area (TPSA) is 95.7 Å². The smallest absolute Gasteiger partial charge is 0.272 e. The maximum Gasteiger partial charge on any atom is 0.272 e. The Kier molecular flexibility index (Phi) is 7.44. The highest BCUT2D eigenvalue weighted by atomic mass is 19.1. The molecule has 2 amide bonds. The van der Waals surface area contributed by atoms with E-state index in [1.807, 2.05) is 66.7 Å². The molecule has 0 aliphatic carbocycles. The van der Waals surface area contributed by atoms with Crippen LogP contribution in [0, 0.1) is 5.82 Å². The lowest BCUT2D eigenvalue weighted by atomic mass is 10.1. The summed E-state index contributed by atoms with van der Waals surface area (Å²) in [6, 6.07) is 32.4. The predicted molar refractivity (Wildman–Crippen MR) is 170 cm³/mol. The normalized spacial score (nSPS) is 13.2. The van der Waals surface area contributed by atoms with Crippen molar-refractivity contribution in [3.63, 3.8) is 0 Å². The van der Waals surface area contributed by atoms with E-state index in [9.17, 15) is 14.0 Å². The van der Waals surface area contributed by atoms with Crippen molar-refractivity contribution in [3.8, 4) is 22.5 Å². The van der Waals surface area contributed by atoms with Crippen LogP contribution < -0.4 is 5.32 Å². The summed E-state index contributed by atoms with van der Waals surface area (Å²) in [5.74, 6) is -0.274. The number of piperazine rings is 1. The van der Waals surface area contributed by atoms with Crippen molar-refractivity contribution < 1.29 is 14.0 Å². The molecule has 1 saturated heterocycles. The largest absolute Gasteiger partial charge is 0.340 e. The molecule has 0 spiro atoms. The van der Waals surface area contributed by atoms with E-state index in [0.717, 1.165) is 11.3 Å². The van der Waals surface area contributed by atoms with Gasteiger partial charge in [0.2, 0.25) is 0 Å². The van der Waals surface area contributed by atoms with Crippen molar-refractivity contribution in [2.24, 2.45) is 0 Å². The van der Waals surface area contributed by atoms with Gasteiger partial charge >= 0.3 is 0 Å². The van der Waals surface area contributed by atoms with Crippen molar-refractivity contribution in [1.82, 2.24) is 29.4 Å². The summed E-state index contributed by atoms with van der Waals surface area (Å²) in [6.45, 7) is 1.42. The fourth-order valence-corrected chi connectivity index (χ4v) is 5.44. The van der Waals surface area contributed by atoms with Crippen molar-refractivity contribution in [3.05, 3.63) is 132 Å². The monoisotopic (exact) mass is 597 g/mol. The molecule has 1 N–H and O–H groups in total. The molecule has 0 atom stereocenters. The zero-order valence-electron chi connectivity index (χ0n) is 24.2. The fourth-order valence-electron chi connectivity index (χ4n) is 5.44. The molecule has 4 heterocycles. The van der Waals surface area contributed by atoms with Gasteiger partial charge in [0.1, 0.15) is 17.3 Å². The minimum Gasteiger partial charge on any atom is -0.340 e. The van der Waals surface area contributed by atoms with Crippen molar-refractivity contribution in [2.75, 3.05) is 31.5 Å². The molecule has 9 nitrogen and oxygen atoms in total. The van der Waals surface area contributed by atoms with Crippen molar-refractivity contribution >= 4 is 29.0 Å². The van der Waals surface area contributed by atoms with Crippen molar-refractivity contribution in [2.45, 2.75) is 0 Å². The van der Waals surface area contributed by atoms with Crippen LogP contribution in [0.25, 0.3) is 28.2 Å². The number of para-hydroxylation sites is 1. The number of anilines is 2. The molecule has 222 valence electrons. The molecule has 0 saturated carbocycles. The molecule has 3 aromatic heterocycles. The summed E-state index contributed by atoms with van der Waals surface area (Å²) >= 11 is 0. The molecule has 7 rings (SSSR count). The van der Waals surface area contributed by atoms with Gasteiger partial charge in [-0.1, -0.05) is 48.5 Å². The summed E-state index contributed by atoms with van der Waals surface area (Å²) in [7, 11) is 0. The second kappa shape index (κ2) is 12.0. The first kappa shape index (κ1) is 27.9. The van der Waals surface area contributed by atoms with Crippen LogP contribution in [0.1, 0.15) is 20.8 Å². The second-order valence-electron chi connectivity index (χ2n) is 10.7. The highest BCUT2D eigenvalue weighted by molar-refractivity contribution is 6.00. The van der Waals surface area contributed by atoms with Gasteiger partial charge in [-0.2, -0.15) is 5.10 Å². The number of hydrogen-bond donors (Lipinski definition) is 1. The zero-order chi connectivity index (χ0) is 30.8. The first-order chi connectivity index (χ1) is 22.0. The van der Waals surface area contributed by atoms with Gasteiger partial charge in [-0.15, -0.1) is 0 Å². The highest BCUT2D eigenvalue weighted by Crippen LogP contribution is 2.27. The average molecular weight is 598 g/mol. The second-order valence-corrected chi connectivity index (χ2v) is 10.7. The number of carbonyl (C=O) groups is 2. The van der Waals surface area contributed by atoms with Crippen LogP contribution in [0.4, 0.5) is 15.9 Å². The number of nitrogens with zero attached hydrogens (tertiary/aromatic N) is 6. The molecular formula is C35H28FN7O2. The molecule has 6 aromatic rings. The van der Waals surface area contributed by atoms with E-state index in [0.29, 0.717) is 60.2 Å². The molecule has 45 heavy (non-hydrogen) atoms. The number of amides is 2. The van der Waals surface area contributed by atoms with Crippen LogP contribution >= 0.6 is 0 Å². The zero-order valence-corrected chi connectivity index (χ0v) is 24.2. The maximum atomic E-state index is 13.8. The standard InChI is InChI=1S/C35H28FN7O2/c36-26-15-13-25(14-16-26)31-22-30(39-32-23-29(40-43(31)32)24-8-3-1-4-9-24)35(45)42-20-18-41(19-21-42)34(44)28-12-7-17-37-33(28)38-27-10-5-2-6-11-27/h1-17,22-23H,18-21H2,(H,37,38). The van der Waals surface area contributed by atoms with Crippen LogP contribution in [0.3, 0.4) is 0 Å². The average Bonchev–Trinajstić information content (AvgIpc) is 3.53. The number of rotatable bonds is 6. The molecule has 0 radical (unpaired) electrons. The van der Waals surface area contributed by atoms with Gasteiger partial charge in [-0.3, -0.25) is 9.59 Å². The van der Waals surface area contributed by atoms with E-state index in [1.54, 1.807) is 50.8 Å². The van der Waals surface area contributed by atoms with Gasteiger partial charge in [0.25, 0.3) is 11.8 Å². The molecule has 10 heteroatoms. The Morgan fingerprint density at radius 3 is 2.09 bits per heavy atom. The Morgan fingerprint density at radius 1 is 0.711 bits per heavy atom. The van der Waals surface area contributed by atoms with E-state index in [1.165, 1.54) is 12.1 Å². The minimum atomic E-state index is -0.354. The Labute approximate surface area is 258 Å². The number of carbonyl (C=O) groups excluding carboxylic acids is 2. The molecule has 0 bridgehead atoms. The number of aromatic nitrogens is 4. The first-order valence-electron chi connectivity index (χ1n) is 14.6. The minimum absolute atomic E-state index is 0.153. The van der Waals surface area contributed by atoms with Crippen LogP contribution in [-0.4, -0.2) is 67.4 Å². The third-order valence-corrected chi connectivity index (χ3v) is 7.78. The summed E-state index contributed by atoms with van der Waals surface area (Å²) < 4.78 is 15.5. The van der Waals surface area contributed by atoms with Gasteiger partial charge in [-0.25, -0.2) is 18.9 Å². The van der Waals surface area contributed by atoms with Gasteiger partial charge in [0.05, 0.1) is 17.0 Å². The number of halogens is 1. The maximum absolute atomic E-state index is 13.8. The Hall–Kier alpha value is -5.90. The first-order valence-corrected chi connectivity index (χ1v) is 14.6.